The van der Waals surface area contributed by atoms with Gasteiger partial charge in [-0.25, -0.2) is 0 Å². The maximum atomic E-state index is 13.4. The third kappa shape index (κ3) is 11.3. The second kappa shape index (κ2) is 22.2. The SMILES string of the molecule is FC(F)(F)c1cnc(-c2[c-]c3cccc(-c4ccccc4)c3cc2)c2ccccc12.FC(F)(F)c1cnc(-c2[c-]c3cccc(-c4ccccc4)c3cc2)c2ccccc12.O=C(O)c1[c-]cccc1.[Ir].[Ir]. The zero-order chi connectivity index (χ0) is 48.1. The van der Waals surface area contributed by atoms with Gasteiger partial charge in [-0.05, 0) is 43.8 Å². The topological polar surface area (TPSA) is 63.1 Å². The standard InChI is InChI=1S/2C26H15F3N.C7H5O2.2Ir/c2*27-26(28,29)24-16-30-25(23-11-5-4-10-22(23)24)19-13-14-21-18(15-19)9-6-12-20(21)17-7-2-1-3-8-17;8-7(9)6-4-2-1-3-5-6;;/h2*1-14,16H;1-4H,(H,8,9);;/q3*-1;;. The molecule has 0 unspecified atom stereocenters. The van der Waals surface area contributed by atoms with Crippen LogP contribution in [0.3, 0.4) is 0 Å². The first-order valence-corrected chi connectivity index (χ1v) is 21.5. The Balaban J connectivity index is 0.000000174. The predicted octanol–water partition coefficient (Wildman–Crippen LogP) is 16.3. The maximum absolute atomic E-state index is 13.4. The number of fused-ring (bicyclic) bond motifs is 4. The van der Waals surface area contributed by atoms with Crippen molar-refractivity contribution in [1.29, 1.82) is 0 Å². The largest absolute Gasteiger partial charge is 0.521 e. The van der Waals surface area contributed by atoms with Gasteiger partial charge < -0.3 is 9.90 Å². The van der Waals surface area contributed by atoms with E-state index in [1.165, 1.54) is 18.2 Å². The Kier molecular flexibility index (Phi) is 16.1. The summed E-state index contributed by atoms with van der Waals surface area (Å²) in [6, 6.07) is 68.5. The number of halogens is 6. The molecule has 11 aromatic rings. The van der Waals surface area contributed by atoms with E-state index in [4.69, 9.17) is 5.11 Å². The van der Waals surface area contributed by atoms with E-state index in [0.29, 0.717) is 33.3 Å². The second-order valence-corrected chi connectivity index (χ2v) is 15.7. The zero-order valence-corrected chi connectivity index (χ0v) is 41.6. The van der Waals surface area contributed by atoms with Gasteiger partial charge in [0.05, 0.1) is 11.1 Å². The van der Waals surface area contributed by atoms with Crippen LogP contribution in [0.1, 0.15) is 21.5 Å². The number of hydrogen-bond donors (Lipinski definition) is 1. The fourth-order valence-corrected chi connectivity index (χ4v) is 8.22. The first kappa shape index (κ1) is 51.5. The van der Waals surface area contributed by atoms with Crippen LogP contribution >= 0.6 is 0 Å². The summed E-state index contributed by atoms with van der Waals surface area (Å²) in [7, 11) is 0. The molecule has 1 N–H and O–H groups in total. The fraction of sp³-hybridized carbons (Fsp3) is 0.0339. The summed E-state index contributed by atoms with van der Waals surface area (Å²) in [5.74, 6) is -0.935. The molecule has 9 aromatic carbocycles. The number of benzene rings is 9. The van der Waals surface area contributed by atoms with Crippen LogP contribution in [0.2, 0.25) is 0 Å². The van der Waals surface area contributed by atoms with Crippen LogP contribution in [0.5, 0.6) is 0 Å². The summed E-state index contributed by atoms with van der Waals surface area (Å²) in [6.45, 7) is 0. The summed E-state index contributed by atoms with van der Waals surface area (Å²) in [6.07, 6.45) is -7.09. The van der Waals surface area contributed by atoms with E-state index in [1.54, 1.807) is 54.6 Å². The Morgan fingerprint density at radius 2 is 0.817 bits per heavy atom. The Morgan fingerprint density at radius 3 is 1.18 bits per heavy atom. The molecule has 0 bridgehead atoms. The molecule has 0 aliphatic heterocycles. The van der Waals surface area contributed by atoms with Crippen LogP contribution in [0, 0.1) is 18.2 Å². The molecule has 0 atom stereocenters. The van der Waals surface area contributed by atoms with Gasteiger partial charge in [0.15, 0.2) is 0 Å². The molecule has 0 aliphatic rings. The average Bonchev–Trinajstić information content (AvgIpc) is 3.38. The molecule has 2 aromatic heterocycles. The van der Waals surface area contributed by atoms with Crippen molar-refractivity contribution in [2.45, 2.75) is 12.4 Å². The molecule has 0 fully saturated rings. The molecule has 4 nitrogen and oxygen atoms in total. The van der Waals surface area contributed by atoms with Gasteiger partial charge in [0, 0.05) is 64.0 Å². The van der Waals surface area contributed by atoms with E-state index in [1.807, 2.05) is 109 Å². The molecule has 0 saturated carbocycles. The van der Waals surface area contributed by atoms with Crippen molar-refractivity contribution >= 4 is 49.1 Å². The predicted molar refractivity (Wildman–Crippen MR) is 260 cm³/mol. The third-order valence-corrected chi connectivity index (χ3v) is 11.4. The summed E-state index contributed by atoms with van der Waals surface area (Å²) in [5, 5.41) is 13.4. The molecule has 0 amide bonds. The van der Waals surface area contributed by atoms with Gasteiger partial charge in [-0.3, -0.25) is 9.97 Å². The second-order valence-electron chi connectivity index (χ2n) is 15.7. The van der Waals surface area contributed by atoms with Crippen molar-refractivity contribution in [3.05, 3.63) is 241 Å². The van der Waals surface area contributed by atoms with Gasteiger partial charge in [0.2, 0.25) is 5.97 Å². The summed E-state index contributed by atoms with van der Waals surface area (Å²) >= 11 is 0. The van der Waals surface area contributed by atoms with Gasteiger partial charge in [-0.1, -0.05) is 161 Å². The molecule has 356 valence electrons. The number of carbonyl (C=O) groups is 1. The Labute approximate surface area is 431 Å². The van der Waals surface area contributed by atoms with Crippen molar-refractivity contribution < 1.29 is 76.5 Å². The minimum Gasteiger partial charge on any atom is -0.521 e. The van der Waals surface area contributed by atoms with E-state index < -0.39 is 29.4 Å². The summed E-state index contributed by atoms with van der Waals surface area (Å²) < 4.78 is 80.5. The number of rotatable bonds is 5. The van der Waals surface area contributed by atoms with Crippen LogP contribution in [-0.2, 0) is 52.6 Å². The number of carboxylic acid groups (broad SMARTS) is 1. The normalized spacial score (nSPS) is 11.1. The van der Waals surface area contributed by atoms with Crippen LogP contribution < -0.4 is 0 Å². The number of nitrogens with zero attached hydrogens (tertiary/aromatic N) is 2. The molecule has 0 saturated heterocycles. The van der Waals surface area contributed by atoms with Gasteiger partial charge >= 0.3 is 12.4 Å². The number of aromatic nitrogens is 2. The van der Waals surface area contributed by atoms with Crippen LogP contribution in [0.25, 0.3) is 87.9 Å². The van der Waals surface area contributed by atoms with E-state index in [-0.39, 0.29) is 56.5 Å². The van der Waals surface area contributed by atoms with Crippen molar-refractivity contribution in [2.24, 2.45) is 0 Å². The Morgan fingerprint density at radius 1 is 0.423 bits per heavy atom. The quantitative estimate of drug-likeness (QED) is 0.138. The molecule has 2 heterocycles. The van der Waals surface area contributed by atoms with Crippen molar-refractivity contribution in [3.63, 3.8) is 0 Å². The maximum Gasteiger partial charge on any atom is 0.418 e. The van der Waals surface area contributed by atoms with Crippen molar-refractivity contribution in [3.8, 4) is 44.8 Å². The average molecular weight is 1300 g/mol. The zero-order valence-electron chi connectivity index (χ0n) is 36.8. The van der Waals surface area contributed by atoms with E-state index in [9.17, 15) is 31.1 Å². The van der Waals surface area contributed by atoms with Crippen LogP contribution in [-0.4, -0.2) is 21.0 Å². The summed E-state index contributed by atoms with van der Waals surface area (Å²) in [4.78, 5) is 18.5. The van der Waals surface area contributed by atoms with Gasteiger partial charge in [-0.15, -0.1) is 89.6 Å². The van der Waals surface area contributed by atoms with Gasteiger partial charge in [0.1, 0.15) is 0 Å². The molecular weight excluding hydrogens is 1270 g/mol. The number of carboxylic acids is 1. The van der Waals surface area contributed by atoms with Crippen molar-refractivity contribution in [2.75, 3.05) is 0 Å². The van der Waals surface area contributed by atoms with E-state index in [0.717, 1.165) is 56.2 Å². The third-order valence-electron chi connectivity index (χ3n) is 11.4. The van der Waals surface area contributed by atoms with Gasteiger partial charge in [0.25, 0.3) is 0 Å². The molecule has 12 heteroatoms. The monoisotopic (exact) mass is 1300 g/mol. The molecule has 0 aliphatic carbocycles. The number of pyridine rings is 2. The first-order valence-electron chi connectivity index (χ1n) is 21.5. The minimum atomic E-state index is -4.46. The first-order chi connectivity index (χ1) is 33.3. The Bertz CT molecular complexity index is 3410. The number of alkyl halides is 6. The number of hydrogen-bond acceptors (Lipinski definition) is 3. The summed E-state index contributed by atoms with van der Waals surface area (Å²) in [5.41, 5.74) is 5.43. The Hall–Kier alpha value is -7.33. The molecule has 11 rings (SSSR count). The van der Waals surface area contributed by atoms with E-state index >= 15 is 0 Å². The molecule has 0 spiro atoms. The minimum absolute atomic E-state index is 0. The van der Waals surface area contributed by atoms with Crippen molar-refractivity contribution in [1.82, 2.24) is 9.97 Å². The molecule has 2 radical (unpaired) electrons. The molecular formula is C59H35F6Ir2N2O2-3. The fourth-order valence-electron chi connectivity index (χ4n) is 8.22. The number of aromatic carboxylic acids is 1. The van der Waals surface area contributed by atoms with Gasteiger partial charge in [-0.2, -0.15) is 26.3 Å². The van der Waals surface area contributed by atoms with Crippen LogP contribution in [0.15, 0.2) is 207 Å². The molecule has 71 heavy (non-hydrogen) atoms. The van der Waals surface area contributed by atoms with E-state index in [2.05, 4.69) is 40.3 Å². The van der Waals surface area contributed by atoms with Crippen LogP contribution in [0.4, 0.5) is 26.3 Å². The smallest absolute Gasteiger partial charge is 0.418 e.